The van der Waals surface area contributed by atoms with Crippen LogP contribution >= 0.6 is 0 Å². The van der Waals surface area contributed by atoms with Crippen molar-refractivity contribution in [3.05, 3.63) is 59.2 Å². The number of piperidine rings is 1. The number of nitrogens with one attached hydrogen (secondary N) is 1. The molecule has 132 valence electrons. The van der Waals surface area contributed by atoms with Gasteiger partial charge in [-0.25, -0.2) is 0 Å². The third kappa shape index (κ3) is 3.67. The molecule has 0 radical (unpaired) electrons. The highest BCUT2D eigenvalue weighted by molar-refractivity contribution is 5.53. The molecule has 4 rings (SSSR count). The number of nitrogens with zero attached hydrogens (tertiary/aromatic N) is 1. The molecule has 3 nitrogen and oxygen atoms in total. The lowest BCUT2D eigenvalue weighted by molar-refractivity contribution is 0.145. The van der Waals surface area contributed by atoms with Gasteiger partial charge in [-0.2, -0.15) is 0 Å². The molecule has 1 atom stereocenters. The first-order chi connectivity index (χ1) is 12.2. The lowest BCUT2D eigenvalue weighted by atomic mass is 10.0. The summed E-state index contributed by atoms with van der Waals surface area (Å²) < 4.78 is 0. The minimum atomic E-state index is -0.118. The number of rotatable bonds is 4. The van der Waals surface area contributed by atoms with Crippen LogP contribution in [0.2, 0.25) is 0 Å². The van der Waals surface area contributed by atoms with Gasteiger partial charge in [0.15, 0.2) is 0 Å². The van der Waals surface area contributed by atoms with Crippen molar-refractivity contribution in [1.82, 2.24) is 0 Å². The summed E-state index contributed by atoms with van der Waals surface area (Å²) in [6, 6.07) is 16.0. The third-order valence-corrected chi connectivity index (χ3v) is 5.70. The van der Waals surface area contributed by atoms with E-state index < -0.39 is 0 Å². The lowest BCUT2D eigenvalue weighted by Crippen LogP contribution is -2.35. The zero-order valence-electron chi connectivity index (χ0n) is 15.0. The first-order valence-corrected chi connectivity index (χ1v) is 9.60. The van der Waals surface area contributed by atoms with Gasteiger partial charge in [-0.05, 0) is 80.0 Å². The maximum absolute atomic E-state index is 9.65. The van der Waals surface area contributed by atoms with Crippen molar-refractivity contribution in [2.45, 2.75) is 51.2 Å². The molecule has 1 saturated heterocycles. The fourth-order valence-electron chi connectivity index (χ4n) is 4.09. The van der Waals surface area contributed by atoms with Gasteiger partial charge in [0.05, 0.1) is 6.10 Å². The van der Waals surface area contributed by atoms with Crippen LogP contribution in [0.4, 0.5) is 11.4 Å². The standard InChI is InChI=1S/C22H28N2O/c1-16(23-20-8-5-18-3-2-4-19(18)15-20)17-6-9-21(10-7-17)24-13-11-22(25)12-14-24/h5-10,15-16,22-23,25H,2-4,11-14H2,1H3. The number of aliphatic hydroxyl groups is 1. The fourth-order valence-corrected chi connectivity index (χ4v) is 4.09. The van der Waals surface area contributed by atoms with Crippen LogP contribution in [0.1, 0.15) is 48.9 Å². The molecule has 1 unspecified atom stereocenters. The van der Waals surface area contributed by atoms with Crippen LogP contribution in [0.15, 0.2) is 42.5 Å². The molecular weight excluding hydrogens is 308 g/mol. The summed E-state index contributed by atoms with van der Waals surface area (Å²) in [6.07, 6.45) is 5.38. The van der Waals surface area contributed by atoms with Crippen LogP contribution < -0.4 is 10.2 Å². The molecule has 0 saturated carbocycles. The predicted molar refractivity (Wildman–Crippen MR) is 104 cm³/mol. The molecule has 3 heteroatoms. The minimum absolute atomic E-state index is 0.118. The molecule has 2 N–H and O–H groups in total. The van der Waals surface area contributed by atoms with E-state index in [0.29, 0.717) is 0 Å². The SMILES string of the molecule is CC(Nc1ccc2c(c1)CCC2)c1ccc(N2CCC(O)CC2)cc1. The number of fused-ring (bicyclic) bond motifs is 1. The molecule has 25 heavy (non-hydrogen) atoms. The first kappa shape index (κ1) is 16.5. The van der Waals surface area contributed by atoms with E-state index in [2.05, 4.69) is 59.6 Å². The van der Waals surface area contributed by atoms with Crippen molar-refractivity contribution < 1.29 is 5.11 Å². The Hall–Kier alpha value is -2.00. The quantitative estimate of drug-likeness (QED) is 0.873. The summed E-state index contributed by atoms with van der Waals surface area (Å²) in [6.45, 7) is 4.12. The highest BCUT2D eigenvalue weighted by atomic mass is 16.3. The molecule has 2 aliphatic rings. The molecule has 2 aromatic carbocycles. The van der Waals surface area contributed by atoms with Crippen LogP contribution in [0.25, 0.3) is 0 Å². The number of anilines is 2. The molecule has 1 aliphatic heterocycles. The maximum atomic E-state index is 9.65. The number of aryl methyl sites for hydroxylation is 2. The zero-order valence-corrected chi connectivity index (χ0v) is 15.0. The van der Waals surface area contributed by atoms with Crippen molar-refractivity contribution in [3.8, 4) is 0 Å². The average Bonchev–Trinajstić information content (AvgIpc) is 3.10. The van der Waals surface area contributed by atoms with Crippen molar-refractivity contribution >= 4 is 11.4 Å². The van der Waals surface area contributed by atoms with Gasteiger partial charge in [0.2, 0.25) is 0 Å². The molecule has 0 bridgehead atoms. The van der Waals surface area contributed by atoms with Crippen LogP contribution in [-0.4, -0.2) is 24.3 Å². The molecule has 1 aliphatic carbocycles. The van der Waals surface area contributed by atoms with Crippen molar-refractivity contribution in [2.24, 2.45) is 0 Å². The molecule has 0 amide bonds. The van der Waals surface area contributed by atoms with Gasteiger partial charge < -0.3 is 15.3 Å². The summed E-state index contributed by atoms with van der Waals surface area (Å²) in [4.78, 5) is 2.37. The van der Waals surface area contributed by atoms with Crippen LogP contribution in [0.5, 0.6) is 0 Å². The summed E-state index contributed by atoms with van der Waals surface area (Å²) in [7, 11) is 0. The molecule has 0 spiro atoms. The third-order valence-electron chi connectivity index (χ3n) is 5.70. The van der Waals surface area contributed by atoms with E-state index in [1.807, 2.05) is 0 Å². The lowest BCUT2D eigenvalue weighted by Gasteiger charge is -2.31. The Morgan fingerprint density at radius 1 is 1.00 bits per heavy atom. The Kier molecular flexibility index (Phi) is 4.67. The predicted octanol–water partition coefficient (Wildman–Crippen LogP) is 4.31. The van der Waals surface area contributed by atoms with E-state index in [1.54, 1.807) is 0 Å². The molecule has 1 fully saturated rings. The van der Waals surface area contributed by atoms with E-state index in [9.17, 15) is 5.11 Å². The topological polar surface area (TPSA) is 35.5 Å². The Bertz CT molecular complexity index is 717. The van der Waals surface area contributed by atoms with Crippen molar-refractivity contribution in [2.75, 3.05) is 23.3 Å². The Labute approximate surface area is 150 Å². The largest absolute Gasteiger partial charge is 0.393 e. The normalized spacial score (nSPS) is 18.9. The van der Waals surface area contributed by atoms with Crippen LogP contribution in [0, 0.1) is 0 Å². The second-order valence-corrected chi connectivity index (χ2v) is 7.51. The number of hydrogen-bond donors (Lipinski definition) is 2. The number of hydrogen-bond acceptors (Lipinski definition) is 3. The fraction of sp³-hybridized carbons (Fsp3) is 0.455. The van der Waals surface area contributed by atoms with E-state index in [1.165, 1.54) is 47.3 Å². The van der Waals surface area contributed by atoms with Gasteiger partial charge in [-0.15, -0.1) is 0 Å². The second kappa shape index (κ2) is 7.09. The minimum Gasteiger partial charge on any atom is -0.393 e. The van der Waals surface area contributed by atoms with Gasteiger partial charge in [-0.3, -0.25) is 0 Å². The summed E-state index contributed by atoms with van der Waals surface area (Å²) >= 11 is 0. The Balaban J connectivity index is 1.41. The van der Waals surface area contributed by atoms with E-state index in [4.69, 9.17) is 0 Å². The summed E-state index contributed by atoms with van der Waals surface area (Å²) in [5, 5.41) is 13.3. The first-order valence-electron chi connectivity index (χ1n) is 9.60. The smallest absolute Gasteiger partial charge is 0.0574 e. The highest BCUT2D eigenvalue weighted by Crippen LogP contribution is 2.28. The van der Waals surface area contributed by atoms with E-state index >= 15 is 0 Å². The zero-order chi connectivity index (χ0) is 17.2. The van der Waals surface area contributed by atoms with E-state index in [-0.39, 0.29) is 12.1 Å². The molecule has 2 aromatic rings. The summed E-state index contributed by atoms with van der Waals surface area (Å²) in [5.41, 5.74) is 6.83. The number of benzene rings is 2. The summed E-state index contributed by atoms with van der Waals surface area (Å²) in [5.74, 6) is 0. The number of aliphatic hydroxyl groups excluding tert-OH is 1. The van der Waals surface area contributed by atoms with Gasteiger partial charge in [0, 0.05) is 30.5 Å². The van der Waals surface area contributed by atoms with Crippen LogP contribution in [0.3, 0.4) is 0 Å². The Morgan fingerprint density at radius 2 is 1.72 bits per heavy atom. The molecule has 1 heterocycles. The van der Waals surface area contributed by atoms with Gasteiger partial charge in [-0.1, -0.05) is 18.2 Å². The Morgan fingerprint density at radius 3 is 2.48 bits per heavy atom. The average molecular weight is 336 g/mol. The molecular formula is C22H28N2O. The maximum Gasteiger partial charge on any atom is 0.0574 e. The van der Waals surface area contributed by atoms with Gasteiger partial charge >= 0.3 is 0 Å². The monoisotopic (exact) mass is 336 g/mol. The second-order valence-electron chi connectivity index (χ2n) is 7.51. The highest BCUT2D eigenvalue weighted by Gasteiger charge is 2.17. The molecule has 0 aromatic heterocycles. The van der Waals surface area contributed by atoms with Gasteiger partial charge in [0.1, 0.15) is 0 Å². The van der Waals surface area contributed by atoms with Crippen LogP contribution in [-0.2, 0) is 12.8 Å². The van der Waals surface area contributed by atoms with Gasteiger partial charge in [0.25, 0.3) is 0 Å². The van der Waals surface area contributed by atoms with Crippen molar-refractivity contribution in [3.63, 3.8) is 0 Å². The van der Waals surface area contributed by atoms with E-state index in [0.717, 1.165) is 25.9 Å². The van der Waals surface area contributed by atoms with Crippen molar-refractivity contribution in [1.29, 1.82) is 0 Å².